The fourth-order valence-electron chi connectivity index (χ4n) is 4.12. The van der Waals surface area contributed by atoms with Crippen LogP contribution >= 0.6 is 23.2 Å². The normalized spacial score (nSPS) is 17.2. The summed E-state index contributed by atoms with van der Waals surface area (Å²) in [6, 6.07) is 6.34. The Bertz CT molecular complexity index is 700. The lowest BCUT2D eigenvalue weighted by atomic mass is 9.58. The number of carbonyl (C=O) groups excluding carboxylic acids is 1. The van der Waals surface area contributed by atoms with Crippen molar-refractivity contribution in [1.29, 1.82) is 0 Å². The van der Waals surface area contributed by atoms with Crippen molar-refractivity contribution in [1.82, 2.24) is 10.6 Å². The van der Waals surface area contributed by atoms with Crippen LogP contribution in [0, 0.1) is 5.92 Å². The molecule has 6 heteroatoms. The standard InChI is InChI=1S/C23H36Cl2N2O2/c1-15(2)12-20(26-14-22(5,6)27-21(28)29-16(3)4)23(10-7-11-23)17-8-9-18(24)19(25)13-17/h8-9,13,15-16,20,26H,7,10-12,14H2,1-6H3,(H,27,28). The van der Waals surface area contributed by atoms with E-state index in [0.717, 1.165) is 19.3 Å². The van der Waals surface area contributed by atoms with E-state index in [9.17, 15) is 4.79 Å². The average Bonchev–Trinajstić information content (AvgIpc) is 2.53. The maximum Gasteiger partial charge on any atom is 0.407 e. The lowest BCUT2D eigenvalue weighted by Crippen LogP contribution is -2.58. The zero-order chi connectivity index (χ0) is 21.8. The molecule has 1 saturated carbocycles. The quantitative estimate of drug-likeness (QED) is 0.469. The van der Waals surface area contributed by atoms with Crippen molar-refractivity contribution in [3.63, 3.8) is 0 Å². The highest BCUT2D eigenvalue weighted by Crippen LogP contribution is 2.49. The van der Waals surface area contributed by atoms with Crippen molar-refractivity contribution >= 4 is 29.3 Å². The van der Waals surface area contributed by atoms with Crippen LogP contribution in [0.4, 0.5) is 4.79 Å². The number of nitrogens with one attached hydrogen (secondary N) is 2. The molecule has 0 aromatic heterocycles. The van der Waals surface area contributed by atoms with Gasteiger partial charge in [-0.25, -0.2) is 4.79 Å². The van der Waals surface area contributed by atoms with E-state index in [4.69, 9.17) is 27.9 Å². The minimum atomic E-state index is -0.427. The van der Waals surface area contributed by atoms with Gasteiger partial charge in [0.15, 0.2) is 0 Å². The van der Waals surface area contributed by atoms with Crippen LogP contribution in [0.15, 0.2) is 18.2 Å². The topological polar surface area (TPSA) is 50.4 Å². The first-order valence-electron chi connectivity index (χ1n) is 10.6. The molecule has 0 saturated heterocycles. The van der Waals surface area contributed by atoms with Gasteiger partial charge in [0.05, 0.1) is 21.7 Å². The summed E-state index contributed by atoms with van der Waals surface area (Å²) in [5.41, 5.74) is 0.873. The first-order chi connectivity index (χ1) is 13.4. The number of ether oxygens (including phenoxy) is 1. The third kappa shape index (κ3) is 6.50. The SMILES string of the molecule is CC(C)CC(NCC(C)(C)NC(=O)OC(C)C)C1(c2ccc(Cl)c(Cl)c2)CCC1. The van der Waals surface area contributed by atoms with Crippen LogP contribution in [-0.2, 0) is 10.2 Å². The van der Waals surface area contributed by atoms with Crippen molar-refractivity contribution in [2.75, 3.05) is 6.54 Å². The van der Waals surface area contributed by atoms with Crippen LogP contribution < -0.4 is 10.6 Å². The third-order valence-corrected chi connectivity index (χ3v) is 6.43. The van der Waals surface area contributed by atoms with Crippen LogP contribution in [0.2, 0.25) is 10.0 Å². The number of benzene rings is 1. The van der Waals surface area contributed by atoms with Crippen LogP contribution in [-0.4, -0.2) is 30.3 Å². The summed E-state index contributed by atoms with van der Waals surface area (Å²) in [5, 5.41) is 7.96. The van der Waals surface area contributed by atoms with E-state index in [0.29, 0.717) is 22.5 Å². The molecule has 29 heavy (non-hydrogen) atoms. The van der Waals surface area contributed by atoms with E-state index < -0.39 is 5.54 Å². The summed E-state index contributed by atoms with van der Waals surface area (Å²) >= 11 is 12.5. The second-order valence-corrected chi connectivity index (χ2v) is 10.5. The smallest absolute Gasteiger partial charge is 0.407 e. The zero-order valence-corrected chi connectivity index (χ0v) is 20.1. The molecule has 1 aliphatic carbocycles. The maximum atomic E-state index is 12.1. The molecule has 1 aromatic carbocycles. The van der Waals surface area contributed by atoms with Crippen molar-refractivity contribution in [3.05, 3.63) is 33.8 Å². The van der Waals surface area contributed by atoms with E-state index in [2.05, 4.69) is 30.5 Å². The minimum absolute atomic E-state index is 0.0486. The predicted octanol–water partition coefficient (Wildman–Crippen LogP) is 6.33. The van der Waals surface area contributed by atoms with E-state index in [-0.39, 0.29) is 23.7 Å². The molecular formula is C23H36Cl2N2O2. The molecule has 2 rings (SSSR count). The molecule has 1 amide bonds. The molecule has 0 radical (unpaired) electrons. The van der Waals surface area contributed by atoms with Crippen molar-refractivity contribution < 1.29 is 9.53 Å². The number of alkyl carbamates (subject to hydrolysis) is 1. The Labute approximate surface area is 186 Å². The van der Waals surface area contributed by atoms with Crippen molar-refractivity contribution in [2.45, 2.75) is 90.3 Å². The molecule has 0 bridgehead atoms. The van der Waals surface area contributed by atoms with Gasteiger partial charge in [0.1, 0.15) is 0 Å². The molecular weight excluding hydrogens is 407 g/mol. The van der Waals surface area contributed by atoms with Crippen LogP contribution in [0.1, 0.15) is 72.8 Å². The molecule has 2 N–H and O–H groups in total. The molecule has 0 heterocycles. The van der Waals surface area contributed by atoms with E-state index in [1.165, 1.54) is 12.0 Å². The molecule has 164 valence electrons. The van der Waals surface area contributed by atoms with Crippen molar-refractivity contribution in [2.24, 2.45) is 5.92 Å². The number of hydrogen-bond acceptors (Lipinski definition) is 3. The fraction of sp³-hybridized carbons (Fsp3) is 0.696. The van der Waals surface area contributed by atoms with Gasteiger partial charge in [-0.15, -0.1) is 0 Å². The van der Waals surface area contributed by atoms with Gasteiger partial charge in [0.25, 0.3) is 0 Å². The Hall–Kier alpha value is -0.970. The number of hydrogen-bond donors (Lipinski definition) is 2. The molecule has 4 nitrogen and oxygen atoms in total. The Morgan fingerprint density at radius 2 is 1.83 bits per heavy atom. The lowest BCUT2D eigenvalue weighted by molar-refractivity contribution is 0.103. The van der Waals surface area contributed by atoms with E-state index in [1.807, 2.05) is 39.8 Å². The lowest BCUT2D eigenvalue weighted by Gasteiger charge is -2.50. The highest BCUT2D eigenvalue weighted by molar-refractivity contribution is 6.42. The second kappa shape index (κ2) is 9.89. The summed E-state index contributed by atoms with van der Waals surface area (Å²) in [4.78, 5) is 12.1. The number of amides is 1. The van der Waals surface area contributed by atoms with Gasteiger partial charge in [-0.2, -0.15) is 0 Å². The van der Waals surface area contributed by atoms with E-state index in [1.54, 1.807) is 0 Å². The monoisotopic (exact) mass is 442 g/mol. The summed E-state index contributed by atoms with van der Waals surface area (Å²) < 4.78 is 5.25. The number of rotatable bonds is 9. The number of carbonyl (C=O) groups is 1. The van der Waals surface area contributed by atoms with Gasteiger partial charge in [0, 0.05) is 18.0 Å². The average molecular weight is 443 g/mol. The number of halogens is 2. The molecule has 0 aliphatic heterocycles. The van der Waals surface area contributed by atoms with E-state index >= 15 is 0 Å². The summed E-state index contributed by atoms with van der Waals surface area (Å²) in [7, 11) is 0. The van der Waals surface area contributed by atoms with Gasteiger partial charge in [0.2, 0.25) is 0 Å². The zero-order valence-electron chi connectivity index (χ0n) is 18.6. The van der Waals surface area contributed by atoms with Gasteiger partial charge in [-0.3, -0.25) is 0 Å². The highest BCUT2D eigenvalue weighted by Gasteiger charge is 2.46. The molecule has 0 spiro atoms. The Kier molecular flexibility index (Phi) is 8.29. The van der Waals surface area contributed by atoms with Gasteiger partial charge in [-0.1, -0.05) is 49.5 Å². The fourth-order valence-corrected chi connectivity index (χ4v) is 4.42. The Balaban J connectivity index is 2.17. The van der Waals surface area contributed by atoms with Crippen LogP contribution in [0.5, 0.6) is 0 Å². The molecule has 1 aliphatic rings. The summed E-state index contributed by atoms with van der Waals surface area (Å²) in [6.45, 7) is 12.9. The first-order valence-corrected chi connectivity index (χ1v) is 11.4. The predicted molar refractivity (Wildman–Crippen MR) is 122 cm³/mol. The van der Waals surface area contributed by atoms with Gasteiger partial charge >= 0.3 is 6.09 Å². The summed E-state index contributed by atoms with van der Waals surface area (Å²) in [6.07, 6.45) is 3.98. The highest BCUT2D eigenvalue weighted by atomic mass is 35.5. The maximum absolute atomic E-state index is 12.1. The molecule has 1 aromatic rings. The summed E-state index contributed by atoms with van der Waals surface area (Å²) in [5.74, 6) is 0.551. The minimum Gasteiger partial charge on any atom is -0.447 e. The molecule has 1 unspecified atom stereocenters. The first kappa shape index (κ1) is 24.3. The largest absolute Gasteiger partial charge is 0.447 e. The van der Waals surface area contributed by atoms with Crippen molar-refractivity contribution in [3.8, 4) is 0 Å². The third-order valence-electron chi connectivity index (χ3n) is 5.69. The Morgan fingerprint density at radius 3 is 2.31 bits per heavy atom. The second-order valence-electron chi connectivity index (χ2n) is 9.66. The van der Waals surface area contributed by atoms with Gasteiger partial charge in [-0.05, 0) is 70.6 Å². The van der Waals surface area contributed by atoms with Gasteiger partial charge < -0.3 is 15.4 Å². The molecule has 1 fully saturated rings. The van der Waals surface area contributed by atoms with Crippen LogP contribution in [0.25, 0.3) is 0 Å². The van der Waals surface area contributed by atoms with Crippen LogP contribution in [0.3, 0.4) is 0 Å². The Morgan fingerprint density at radius 1 is 1.17 bits per heavy atom. The molecule has 1 atom stereocenters.